The fraction of sp³-hybridized carbons (Fsp3) is 0.625. The van der Waals surface area contributed by atoms with Crippen LogP contribution in [0, 0.1) is 25.7 Å². The SMILES string of the molecule is Cc1ccc(NC2CCC(C)C(C)C2)c(C)c1. The maximum Gasteiger partial charge on any atom is 0.0372 e. The summed E-state index contributed by atoms with van der Waals surface area (Å²) in [5.41, 5.74) is 4.04. The number of hydrogen-bond donors (Lipinski definition) is 1. The molecule has 1 saturated carbocycles. The van der Waals surface area contributed by atoms with Gasteiger partial charge in [0.25, 0.3) is 0 Å². The van der Waals surface area contributed by atoms with Crippen LogP contribution in [0.15, 0.2) is 18.2 Å². The molecule has 0 aromatic heterocycles. The van der Waals surface area contributed by atoms with E-state index in [1.54, 1.807) is 0 Å². The van der Waals surface area contributed by atoms with Crippen molar-refractivity contribution >= 4 is 5.69 Å². The standard InChI is InChI=1S/C16H25N/c1-11-5-8-16(14(4)9-11)17-15-7-6-12(2)13(3)10-15/h5,8-9,12-13,15,17H,6-7,10H2,1-4H3. The third-order valence-electron chi connectivity index (χ3n) is 4.34. The average Bonchev–Trinajstić information content (AvgIpc) is 2.27. The van der Waals surface area contributed by atoms with E-state index in [0.717, 1.165) is 11.8 Å². The molecule has 0 aliphatic heterocycles. The number of nitrogens with one attached hydrogen (secondary N) is 1. The van der Waals surface area contributed by atoms with Gasteiger partial charge in [0.1, 0.15) is 0 Å². The first-order valence-electron chi connectivity index (χ1n) is 6.90. The average molecular weight is 231 g/mol. The molecule has 2 rings (SSSR count). The van der Waals surface area contributed by atoms with Crippen molar-refractivity contribution in [2.45, 2.75) is 53.0 Å². The Bertz CT molecular complexity index is 383. The Morgan fingerprint density at radius 1 is 1.06 bits per heavy atom. The van der Waals surface area contributed by atoms with Crippen LogP contribution < -0.4 is 5.32 Å². The second kappa shape index (κ2) is 5.12. The summed E-state index contributed by atoms with van der Waals surface area (Å²) in [4.78, 5) is 0. The van der Waals surface area contributed by atoms with Gasteiger partial charge in [-0.1, -0.05) is 31.5 Å². The van der Waals surface area contributed by atoms with Gasteiger partial charge in [0.15, 0.2) is 0 Å². The smallest absolute Gasteiger partial charge is 0.0372 e. The van der Waals surface area contributed by atoms with Crippen LogP contribution in [0.2, 0.25) is 0 Å². The van der Waals surface area contributed by atoms with Gasteiger partial charge in [-0.2, -0.15) is 0 Å². The van der Waals surface area contributed by atoms with Gasteiger partial charge in [-0.25, -0.2) is 0 Å². The topological polar surface area (TPSA) is 12.0 Å². The van der Waals surface area contributed by atoms with Crippen molar-refractivity contribution in [3.63, 3.8) is 0 Å². The highest BCUT2D eigenvalue weighted by Gasteiger charge is 2.24. The highest BCUT2D eigenvalue weighted by Crippen LogP contribution is 2.31. The molecular weight excluding hydrogens is 206 g/mol. The molecule has 0 saturated heterocycles. The van der Waals surface area contributed by atoms with E-state index in [1.165, 1.54) is 36.1 Å². The first kappa shape index (κ1) is 12.5. The number of hydrogen-bond acceptors (Lipinski definition) is 1. The molecule has 0 heterocycles. The lowest BCUT2D eigenvalue weighted by Gasteiger charge is -2.33. The molecule has 1 aliphatic rings. The number of rotatable bonds is 2. The van der Waals surface area contributed by atoms with E-state index in [0.29, 0.717) is 6.04 Å². The maximum absolute atomic E-state index is 3.73. The lowest BCUT2D eigenvalue weighted by molar-refractivity contribution is 0.261. The van der Waals surface area contributed by atoms with Crippen molar-refractivity contribution < 1.29 is 0 Å². The minimum absolute atomic E-state index is 0.669. The largest absolute Gasteiger partial charge is 0.382 e. The van der Waals surface area contributed by atoms with Crippen LogP contribution in [-0.2, 0) is 0 Å². The van der Waals surface area contributed by atoms with E-state index in [2.05, 4.69) is 51.2 Å². The zero-order valence-electron chi connectivity index (χ0n) is 11.6. The Hall–Kier alpha value is -0.980. The van der Waals surface area contributed by atoms with Crippen LogP contribution in [0.4, 0.5) is 5.69 Å². The lowest BCUT2D eigenvalue weighted by Crippen LogP contribution is -2.30. The van der Waals surface area contributed by atoms with Crippen molar-refractivity contribution in [1.82, 2.24) is 0 Å². The van der Waals surface area contributed by atoms with Gasteiger partial charge < -0.3 is 5.32 Å². The van der Waals surface area contributed by atoms with Gasteiger partial charge in [0.2, 0.25) is 0 Å². The molecule has 1 N–H and O–H groups in total. The molecule has 1 aliphatic carbocycles. The van der Waals surface area contributed by atoms with Crippen molar-refractivity contribution in [3.8, 4) is 0 Å². The Morgan fingerprint density at radius 2 is 1.82 bits per heavy atom. The normalized spacial score (nSPS) is 29.1. The Labute approximate surface area is 106 Å². The summed E-state index contributed by atoms with van der Waals surface area (Å²) in [5, 5.41) is 3.73. The van der Waals surface area contributed by atoms with Crippen molar-refractivity contribution in [3.05, 3.63) is 29.3 Å². The minimum Gasteiger partial charge on any atom is -0.382 e. The second-order valence-corrected chi connectivity index (χ2v) is 5.93. The van der Waals surface area contributed by atoms with E-state index >= 15 is 0 Å². The van der Waals surface area contributed by atoms with Crippen LogP contribution in [0.25, 0.3) is 0 Å². The molecular formula is C16H25N. The molecule has 0 spiro atoms. The van der Waals surface area contributed by atoms with Gasteiger partial charge in [-0.15, -0.1) is 0 Å². The monoisotopic (exact) mass is 231 g/mol. The summed E-state index contributed by atoms with van der Waals surface area (Å²) >= 11 is 0. The van der Waals surface area contributed by atoms with Gasteiger partial charge in [-0.05, 0) is 56.6 Å². The first-order valence-corrected chi connectivity index (χ1v) is 6.90. The van der Waals surface area contributed by atoms with Crippen molar-refractivity contribution in [2.24, 2.45) is 11.8 Å². The van der Waals surface area contributed by atoms with Crippen LogP contribution in [0.3, 0.4) is 0 Å². The predicted molar refractivity (Wildman–Crippen MR) is 75.5 cm³/mol. The second-order valence-electron chi connectivity index (χ2n) is 5.93. The molecule has 17 heavy (non-hydrogen) atoms. The van der Waals surface area contributed by atoms with E-state index in [-0.39, 0.29) is 0 Å². The van der Waals surface area contributed by atoms with Gasteiger partial charge >= 0.3 is 0 Å². The Morgan fingerprint density at radius 3 is 2.47 bits per heavy atom. The molecule has 3 atom stereocenters. The summed E-state index contributed by atoms with van der Waals surface area (Å²) < 4.78 is 0. The van der Waals surface area contributed by atoms with E-state index in [9.17, 15) is 0 Å². The quantitative estimate of drug-likeness (QED) is 0.788. The summed E-state index contributed by atoms with van der Waals surface area (Å²) in [7, 11) is 0. The Kier molecular flexibility index (Phi) is 3.76. The summed E-state index contributed by atoms with van der Waals surface area (Å²) in [6.45, 7) is 9.13. The van der Waals surface area contributed by atoms with Gasteiger partial charge in [-0.3, -0.25) is 0 Å². The molecule has 1 fully saturated rings. The molecule has 94 valence electrons. The van der Waals surface area contributed by atoms with E-state index < -0.39 is 0 Å². The molecule has 0 amide bonds. The number of aryl methyl sites for hydroxylation is 2. The number of benzene rings is 1. The molecule has 3 unspecified atom stereocenters. The molecule has 0 bridgehead atoms. The number of anilines is 1. The van der Waals surface area contributed by atoms with E-state index in [4.69, 9.17) is 0 Å². The molecule has 0 radical (unpaired) electrons. The lowest BCUT2D eigenvalue weighted by atomic mass is 9.79. The molecule has 1 nitrogen and oxygen atoms in total. The van der Waals surface area contributed by atoms with E-state index in [1.807, 2.05) is 0 Å². The third-order valence-corrected chi connectivity index (χ3v) is 4.34. The van der Waals surface area contributed by atoms with Gasteiger partial charge in [0.05, 0.1) is 0 Å². The van der Waals surface area contributed by atoms with Crippen LogP contribution in [-0.4, -0.2) is 6.04 Å². The van der Waals surface area contributed by atoms with Crippen LogP contribution >= 0.6 is 0 Å². The summed E-state index contributed by atoms with van der Waals surface area (Å²) in [6.07, 6.45) is 4.00. The van der Waals surface area contributed by atoms with Crippen LogP contribution in [0.1, 0.15) is 44.2 Å². The fourth-order valence-electron chi connectivity index (χ4n) is 2.87. The van der Waals surface area contributed by atoms with Crippen molar-refractivity contribution in [1.29, 1.82) is 0 Å². The fourth-order valence-corrected chi connectivity index (χ4v) is 2.87. The van der Waals surface area contributed by atoms with Gasteiger partial charge in [0, 0.05) is 11.7 Å². The zero-order chi connectivity index (χ0) is 12.4. The Balaban J connectivity index is 2.01. The minimum atomic E-state index is 0.669. The molecule has 1 aromatic carbocycles. The van der Waals surface area contributed by atoms with Crippen molar-refractivity contribution in [2.75, 3.05) is 5.32 Å². The highest BCUT2D eigenvalue weighted by atomic mass is 14.9. The van der Waals surface area contributed by atoms with Crippen LogP contribution in [0.5, 0.6) is 0 Å². The molecule has 1 heteroatoms. The summed E-state index contributed by atoms with van der Waals surface area (Å²) in [6, 6.07) is 7.36. The first-order chi connectivity index (χ1) is 8.06. The highest BCUT2D eigenvalue weighted by molar-refractivity contribution is 5.52. The predicted octanol–water partition coefficient (Wildman–Crippen LogP) is 4.54. The molecule has 1 aromatic rings. The third kappa shape index (κ3) is 3.02. The zero-order valence-corrected chi connectivity index (χ0v) is 11.6. The maximum atomic E-state index is 3.73. The summed E-state index contributed by atoms with van der Waals surface area (Å²) in [5.74, 6) is 1.75.